The molecule has 0 fully saturated rings. The third kappa shape index (κ3) is 4.23. The highest BCUT2D eigenvalue weighted by molar-refractivity contribution is 8.01. The number of thioether (sulfide) groups is 1. The summed E-state index contributed by atoms with van der Waals surface area (Å²) < 4.78 is 0.777. The van der Waals surface area contributed by atoms with Gasteiger partial charge in [-0.1, -0.05) is 65.6 Å². The molecule has 2 aromatic carbocycles. The lowest BCUT2D eigenvalue weighted by atomic mass is 10.1. The zero-order chi connectivity index (χ0) is 18.4. The smallest absolute Gasteiger partial charge is 0.237 e. The van der Waals surface area contributed by atoms with Crippen molar-refractivity contribution in [1.29, 1.82) is 0 Å². The molecule has 1 N–H and O–H groups in total. The minimum Gasteiger partial charge on any atom is -0.357 e. The SMILES string of the molecule is C=CCNc1nnc(SCC(=O)N(CC)c2cccc3ccccc23)s1. The van der Waals surface area contributed by atoms with Crippen LogP contribution in [0.3, 0.4) is 0 Å². The third-order valence-electron chi connectivity index (χ3n) is 3.80. The van der Waals surface area contributed by atoms with Crippen molar-refractivity contribution in [3.05, 3.63) is 55.1 Å². The van der Waals surface area contributed by atoms with E-state index >= 15 is 0 Å². The van der Waals surface area contributed by atoms with E-state index in [-0.39, 0.29) is 5.91 Å². The minimum atomic E-state index is 0.0599. The van der Waals surface area contributed by atoms with Gasteiger partial charge < -0.3 is 10.2 Å². The molecule has 1 heterocycles. The largest absolute Gasteiger partial charge is 0.357 e. The van der Waals surface area contributed by atoms with Crippen molar-refractivity contribution in [3.8, 4) is 0 Å². The highest BCUT2D eigenvalue weighted by Gasteiger charge is 2.17. The van der Waals surface area contributed by atoms with Crippen LogP contribution in [-0.2, 0) is 4.79 Å². The number of rotatable bonds is 8. The van der Waals surface area contributed by atoms with Crippen LogP contribution in [0.5, 0.6) is 0 Å². The summed E-state index contributed by atoms with van der Waals surface area (Å²) in [5, 5.41) is 14.2. The maximum Gasteiger partial charge on any atom is 0.237 e. The number of aromatic nitrogens is 2. The van der Waals surface area contributed by atoms with E-state index in [2.05, 4.69) is 40.3 Å². The Hall–Kier alpha value is -2.38. The first-order valence-electron chi connectivity index (χ1n) is 8.32. The number of amides is 1. The number of hydrogen-bond acceptors (Lipinski definition) is 6. The van der Waals surface area contributed by atoms with Gasteiger partial charge in [0.15, 0.2) is 4.34 Å². The van der Waals surface area contributed by atoms with Crippen LogP contribution < -0.4 is 10.2 Å². The maximum absolute atomic E-state index is 12.8. The van der Waals surface area contributed by atoms with Gasteiger partial charge in [0.2, 0.25) is 11.0 Å². The Morgan fingerprint density at radius 3 is 2.88 bits per heavy atom. The van der Waals surface area contributed by atoms with E-state index < -0.39 is 0 Å². The number of anilines is 2. The van der Waals surface area contributed by atoms with E-state index in [9.17, 15) is 4.79 Å². The third-order valence-corrected chi connectivity index (χ3v) is 5.80. The lowest BCUT2D eigenvalue weighted by Crippen LogP contribution is -2.32. The number of nitrogens with one attached hydrogen (secondary N) is 1. The molecule has 0 aliphatic heterocycles. The highest BCUT2D eigenvalue weighted by atomic mass is 32.2. The van der Waals surface area contributed by atoms with Gasteiger partial charge in [-0.05, 0) is 18.4 Å². The second-order valence-corrected chi connectivity index (χ2v) is 7.67. The Balaban J connectivity index is 1.71. The summed E-state index contributed by atoms with van der Waals surface area (Å²) in [5.74, 6) is 0.386. The summed E-state index contributed by atoms with van der Waals surface area (Å²) in [6, 6.07) is 14.2. The molecule has 134 valence electrons. The lowest BCUT2D eigenvalue weighted by molar-refractivity contribution is -0.116. The molecule has 0 spiro atoms. The zero-order valence-corrected chi connectivity index (χ0v) is 16.1. The molecule has 0 saturated carbocycles. The summed E-state index contributed by atoms with van der Waals surface area (Å²) in [6.45, 7) is 6.91. The molecular formula is C19H20N4OS2. The zero-order valence-electron chi connectivity index (χ0n) is 14.5. The first-order valence-corrected chi connectivity index (χ1v) is 10.1. The molecule has 0 atom stereocenters. The van der Waals surface area contributed by atoms with Gasteiger partial charge in [-0.2, -0.15) is 0 Å². The molecule has 0 saturated heterocycles. The molecule has 0 aliphatic rings. The molecular weight excluding hydrogens is 364 g/mol. The van der Waals surface area contributed by atoms with Gasteiger partial charge in [-0.3, -0.25) is 4.79 Å². The Labute approximate surface area is 161 Å². The van der Waals surface area contributed by atoms with Gasteiger partial charge in [0.25, 0.3) is 0 Å². The minimum absolute atomic E-state index is 0.0599. The van der Waals surface area contributed by atoms with Crippen LogP contribution in [0.4, 0.5) is 10.8 Å². The summed E-state index contributed by atoms with van der Waals surface area (Å²) >= 11 is 2.86. The summed E-state index contributed by atoms with van der Waals surface area (Å²) in [4.78, 5) is 14.6. The van der Waals surface area contributed by atoms with Crippen LogP contribution in [0, 0.1) is 0 Å². The Bertz CT molecular complexity index is 904. The van der Waals surface area contributed by atoms with Crippen LogP contribution in [0.2, 0.25) is 0 Å². The molecule has 26 heavy (non-hydrogen) atoms. The van der Waals surface area contributed by atoms with Gasteiger partial charge >= 0.3 is 0 Å². The van der Waals surface area contributed by atoms with Crippen LogP contribution in [0.15, 0.2) is 59.5 Å². The standard InChI is InChI=1S/C19H20N4OS2/c1-3-12-20-18-21-22-19(26-18)25-13-17(24)23(4-2)16-11-7-9-14-8-5-6-10-15(14)16/h3,5-11H,1,4,12-13H2,2H3,(H,20,21). The first-order chi connectivity index (χ1) is 12.7. The average molecular weight is 385 g/mol. The summed E-state index contributed by atoms with van der Waals surface area (Å²) in [6.07, 6.45) is 1.76. The van der Waals surface area contributed by atoms with Gasteiger partial charge in [-0.25, -0.2) is 0 Å². The molecule has 0 bridgehead atoms. The van der Waals surface area contributed by atoms with Gasteiger partial charge in [0.1, 0.15) is 0 Å². The summed E-state index contributed by atoms with van der Waals surface area (Å²) in [7, 11) is 0. The van der Waals surface area contributed by atoms with Crippen molar-refractivity contribution < 1.29 is 4.79 Å². The predicted molar refractivity (Wildman–Crippen MR) is 111 cm³/mol. The fourth-order valence-electron chi connectivity index (χ4n) is 2.63. The molecule has 1 amide bonds. The van der Waals surface area contributed by atoms with Crippen LogP contribution in [0.1, 0.15) is 6.92 Å². The van der Waals surface area contributed by atoms with E-state index in [0.29, 0.717) is 18.8 Å². The van der Waals surface area contributed by atoms with Crippen molar-refractivity contribution in [1.82, 2.24) is 10.2 Å². The van der Waals surface area contributed by atoms with E-state index in [1.54, 1.807) is 6.08 Å². The quantitative estimate of drug-likeness (QED) is 0.460. The number of fused-ring (bicyclic) bond motifs is 1. The molecule has 0 aliphatic carbocycles. The average Bonchev–Trinajstić information content (AvgIpc) is 3.13. The van der Waals surface area contributed by atoms with Gasteiger partial charge in [0, 0.05) is 18.5 Å². The summed E-state index contributed by atoms with van der Waals surface area (Å²) in [5.41, 5.74) is 0.946. The van der Waals surface area contributed by atoms with E-state index in [1.165, 1.54) is 23.1 Å². The molecule has 3 aromatic rings. The molecule has 0 radical (unpaired) electrons. The molecule has 5 nitrogen and oxygen atoms in total. The normalized spacial score (nSPS) is 10.7. The van der Waals surface area contributed by atoms with E-state index in [0.717, 1.165) is 25.9 Å². The van der Waals surface area contributed by atoms with Gasteiger partial charge in [-0.15, -0.1) is 16.8 Å². The number of carbonyl (C=O) groups is 1. The van der Waals surface area contributed by atoms with E-state index in [1.807, 2.05) is 36.1 Å². The Morgan fingerprint density at radius 2 is 2.08 bits per heavy atom. The maximum atomic E-state index is 12.8. The van der Waals surface area contributed by atoms with Gasteiger partial charge in [0.05, 0.1) is 11.4 Å². The number of benzene rings is 2. The number of nitrogens with zero attached hydrogens (tertiary/aromatic N) is 3. The number of carbonyl (C=O) groups excluding carboxylic acids is 1. The highest BCUT2D eigenvalue weighted by Crippen LogP contribution is 2.29. The van der Waals surface area contributed by atoms with Crippen molar-refractivity contribution in [3.63, 3.8) is 0 Å². The predicted octanol–water partition coefficient (Wildman–Crippen LogP) is 4.43. The topological polar surface area (TPSA) is 58.1 Å². The van der Waals surface area contributed by atoms with Crippen molar-refractivity contribution in [2.45, 2.75) is 11.3 Å². The van der Waals surface area contributed by atoms with Crippen molar-refractivity contribution in [2.24, 2.45) is 0 Å². The Morgan fingerprint density at radius 1 is 1.27 bits per heavy atom. The first kappa shape index (κ1) is 18.4. The molecule has 3 rings (SSSR count). The second kappa shape index (κ2) is 8.82. The molecule has 1 aromatic heterocycles. The van der Waals surface area contributed by atoms with Crippen LogP contribution in [-0.4, -0.2) is 34.9 Å². The van der Waals surface area contributed by atoms with E-state index in [4.69, 9.17) is 0 Å². The fraction of sp³-hybridized carbons (Fsp3) is 0.211. The van der Waals surface area contributed by atoms with Crippen molar-refractivity contribution >= 4 is 50.6 Å². The Kier molecular flexibility index (Phi) is 6.25. The lowest BCUT2D eigenvalue weighted by Gasteiger charge is -2.22. The monoisotopic (exact) mass is 384 g/mol. The number of hydrogen-bond donors (Lipinski definition) is 1. The van der Waals surface area contributed by atoms with Crippen LogP contribution >= 0.6 is 23.1 Å². The molecule has 7 heteroatoms. The molecule has 0 unspecified atom stereocenters. The van der Waals surface area contributed by atoms with Crippen molar-refractivity contribution in [2.75, 3.05) is 29.1 Å². The second-order valence-electron chi connectivity index (χ2n) is 5.47. The van der Waals surface area contributed by atoms with Crippen LogP contribution in [0.25, 0.3) is 10.8 Å². The fourth-order valence-corrected chi connectivity index (χ4v) is 4.26.